The highest BCUT2D eigenvalue weighted by Crippen LogP contribution is 2.37. The van der Waals surface area contributed by atoms with Gasteiger partial charge in [0.25, 0.3) is 0 Å². The fourth-order valence-corrected chi connectivity index (χ4v) is 3.16. The van der Waals surface area contributed by atoms with Crippen molar-refractivity contribution in [2.75, 3.05) is 0 Å². The van der Waals surface area contributed by atoms with Gasteiger partial charge in [-0.3, -0.25) is 0 Å². The molecule has 0 amide bonds. The first-order valence-electron chi connectivity index (χ1n) is 7.85. The summed E-state index contributed by atoms with van der Waals surface area (Å²) in [6.07, 6.45) is 3.77. The Kier molecular flexibility index (Phi) is 4.60. The maximum atomic E-state index is 12.9. The highest BCUT2D eigenvalue weighted by atomic mass is 19.1. The van der Waals surface area contributed by atoms with Gasteiger partial charge in [-0.1, -0.05) is 12.1 Å². The van der Waals surface area contributed by atoms with Crippen LogP contribution in [0.5, 0.6) is 0 Å². The van der Waals surface area contributed by atoms with Gasteiger partial charge in [-0.2, -0.15) is 0 Å². The summed E-state index contributed by atoms with van der Waals surface area (Å²) < 4.78 is 18.1. The zero-order valence-electron chi connectivity index (χ0n) is 12.7. The predicted molar refractivity (Wildman–Crippen MR) is 83.0 cm³/mol. The van der Waals surface area contributed by atoms with Crippen LogP contribution in [-0.4, -0.2) is 17.2 Å². The van der Waals surface area contributed by atoms with Crippen molar-refractivity contribution in [2.24, 2.45) is 0 Å². The molecule has 3 rings (SSSR count). The van der Waals surface area contributed by atoms with Gasteiger partial charge >= 0.3 is 0 Å². The summed E-state index contributed by atoms with van der Waals surface area (Å²) in [6.45, 7) is 2.08. The summed E-state index contributed by atoms with van der Waals surface area (Å²) in [5, 5.41) is 13.6. The van der Waals surface area contributed by atoms with E-state index in [0.29, 0.717) is 24.1 Å². The Morgan fingerprint density at radius 2 is 2.00 bits per heavy atom. The molecule has 1 heterocycles. The standard InChI is InChI=1S/C18H22FNO2/c1-12(9-17(21)18-3-2-8-22-18)20-16-10-14(11-16)13-4-6-15(19)7-5-13/h2-8,12,14,16-17,20-21H,9-11H2,1H3/t12-,14?,16?,17+/m0/s1. The molecule has 0 aliphatic heterocycles. The average Bonchev–Trinajstić information content (AvgIpc) is 2.98. The summed E-state index contributed by atoms with van der Waals surface area (Å²) in [5.41, 5.74) is 1.21. The molecule has 1 fully saturated rings. The van der Waals surface area contributed by atoms with Gasteiger partial charge in [-0.15, -0.1) is 0 Å². The van der Waals surface area contributed by atoms with Gasteiger partial charge in [-0.25, -0.2) is 4.39 Å². The Morgan fingerprint density at radius 1 is 1.27 bits per heavy atom. The Morgan fingerprint density at radius 3 is 2.64 bits per heavy atom. The highest BCUT2D eigenvalue weighted by Gasteiger charge is 2.31. The second-order valence-electron chi connectivity index (χ2n) is 6.25. The molecule has 0 radical (unpaired) electrons. The van der Waals surface area contributed by atoms with E-state index in [1.165, 1.54) is 17.7 Å². The number of benzene rings is 1. The molecule has 2 N–H and O–H groups in total. The van der Waals surface area contributed by atoms with Gasteiger partial charge in [0.2, 0.25) is 0 Å². The molecule has 1 aromatic heterocycles. The molecule has 4 heteroatoms. The fourth-order valence-electron chi connectivity index (χ4n) is 3.16. The van der Waals surface area contributed by atoms with Crippen molar-refractivity contribution in [3.63, 3.8) is 0 Å². The molecule has 0 spiro atoms. The Hall–Kier alpha value is -1.65. The molecule has 0 unspecified atom stereocenters. The molecule has 1 aromatic carbocycles. The first kappa shape index (κ1) is 15.3. The largest absolute Gasteiger partial charge is 0.467 e. The van der Waals surface area contributed by atoms with E-state index in [9.17, 15) is 9.50 Å². The second kappa shape index (κ2) is 6.63. The van der Waals surface area contributed by atoms with Gasteiger partial charge in [0.05, 0.1) is 6.26 Å². The van der Waals surface area contributed by atoms with Crippen molar-refractivity contribution in [1.29, 1.82) is 0 Å². The van der Waals surface area contributed by atoms with Crippen LogP contribution >= 0.6 is 0 Å². The van der Waals surface area contributed by atoms with Crippen molar-refractivity contribution >= 4 is 0 Å². The molecule has 22 heavy (non-hydrogen) atoms. The molecule has 0 saturated heterocycles. The third-order valence-corrected chi connectivity index (χ3v) is 4.45. The average molecular weight is 303 g/mol. The van der Waals surface area contributed by atoms with Gasteiger partial charge in [0.1, 0.15) is 17.7 Å². The zero-order chi connectivity index (χ0) is 15.5. The van der Waals surface area contributed by atoms with E-state index in [4.69, 9.17) is 4.42 Å². The maximum absolute atomic E-state index is 12.9. The Balaban J connectivity index is 1.42. The lowest BCUT2D eigenvalue weighted by atomic mass is 9.75. The molecule has 1 saturated carbocycles. The minimum Gasteiger partial charge on any atom is -0.467 e. The number of aliphatic hydroxyl groups is 1. The van der Waals surface area contributed by atoms with Gasteiger partial charge in [0.15, 0.2) is 0 Å². The van der Waals surface area contributed by atoms with E-state index >= 15 is 0 Å². The number of halogens is 1. The molecule has 3 nitrogen and oxygen atoms in total. The van der Waals surface area contributed by atoms with Crippen LogP contribution in [0, 0.1) is 5.82 Å². The van der Waals surface area contributed by atoms with Crippen LogP contribution < -0.4 is 5.32 Å². The summed E-state index contributed by atoms with van der Waals surface area (Å²) in [6, 6.07) is 11.1. The normalized spacial score (nSPS) is 23.8. The minimum atomic E-state index is -0.564. The monoisotopic (exact) mass is 303 g/mol. The van der Waals surface area contributed by atoms with Crippen LogP contribution in [0.2, 0.25) is 0 Å². The maximum Gasteiger partial charge on any atom is 0.132 e. The van der Waals surface area contributed by atoms with Crippen molar-refractivity contribution in [1.82, 2.24) is 5.32 Å². The molecule has 1 aliphatic rings. The van der Waals surface area contributed by atoms with Crippen LogP contribution in [0.1, 0.15) is 49.5 Å². The lowest BCUT2D eigenvalue weighted by Gasteiger charge is -2.38. The SMILES string of the molecule is C[C@@H](C[C@@H](O)c1ccco1)NC1CC(c2ccc(F)cc2)C1. The van der Waals surface area contributed by atoms with Gasteiger partial charge < -0.3 is 14.8 Å². The van der Waals surface area contributed by atoms with E-state index in [2.05, 4.69) is 12.2 Å². The van der Waals surface area contributed by atoms with E-state index in [-0.39, 0.29) is 11.9 Å². The Bertz CT molecular complexity index is 576. The number of aliphatic hydroxyl groups excluding tert-OH is 1. The minimum absolute atomic E-state index is 0.182. The number of rotatable bonds is 6. The smallest absolute Gasteiger partial charge is 0.132 e. The number of hydrogen-bond acceptors (Lipinski definition) is 3. The predicted octanol–water partition coefficient (Wildman–Crippen LogP) is 3.77. The van der Waals surface area contributed by atoms with Crippen LogP contribution in [0.25, 0.3) is 0 Å². The summed E-state index contributed by atoms with van der Waals surface area (Å²) in [4.78, 5) is 0. The molecule has 2 aromatic rings. The molecule has 0 bridgehead atoms. The second-order valence-corrected chi connectivity index (χ2v) is 6.25. The van der Waals surface area contributed by atoms with Gasteiger partial charge in [0, 0.05) is 12.1 Å². The lowest BCUT2D eigenvalue weighted by Crippen LogP contribution is -2.44. The van der Waals surface area contributed by atoms with Crippen molar-refractivity contribution in [2.45, 2.75) is 50.3 Å². The van der Waals surface area contributed by atoms with Crippen LogP contribution in [-0.2, 0) is 0 Å². The highest BCUT2D eigenvalue weighted by molar-refractivity contribution is 5.23. The summed E-state index contributed by atoms with van der Waals surface area (Å²) >= 11 is 0. The number of nitrogens with one attached hydrogen (secondary N) is 1. The first-order chi connectivity index (χ1) is 10.6. The van der Waals surface area contributed by atoms with E-state index in [0.717, 1.165) is 12.8 Å². The van der Waals surface area contributed by atoms with E-state index in [1.54, 1.807) is 18.4 Å². The van der Waals surface area contributed by atoms with Crippen molar-refractivity contribution in [3.8, 4) is 0 Å². The van der Waals surface area contributed by atoms with E-state index in [1.807, 2.05) is 12.1 Å². The first-order valence-corrected chi connectivity index (χ1v) is 7.85. The number of furan rings is 1. The quantitative estimate of drug-likeness (QED) is 0.854. The Labute approximate surface area is 130 Å². The molecule has 1 aliphatic carbocycles. The summed E-state index contributed by atoms with van der Waals surface area (Å²) in [7, 11) is 0. The van der Waals surface area contributed by atoms with Crippen LogP contribution in [0.15, 0.2) is 47.1 Å². The zero-order valence-corrected chi connectivity index (χ0v) is 12.7. The van der Waals surface area contributed by atoms with Crippen LogP contribution in [0.4, 0.5) is 4.39 Å². The molecular formula is C18H22FNO2. The van der Waals surface area contributed by atoms with Crippen molar-refractivity contribution < 1.29 is 13.9 Å². The number of hydrogen-bond donors (Lipinski definition) is 2. The third kappa shape index (κ3) is 3.57. The summed E-state index contributed by atoms with van der Waals surface area (Å²) in [5.74, 6) is 0.949. The topological polar surface area (TPSA) is 45.4 Å². The van der Waals surface area contributed by atoms with Crippen LogP contribution in [0.3, 0.4) is 0 Å². The molecule has 2 atom stereocenters. The van der Waals surface area contributed by atoms with Crippen molar-refractivity contribution in [3.05, 3.63) is 59.8 Å². The molecular weight excluding hydrogens is 281 g/mol. The van der Waals surface area contributed by atoms with E-state index < -0.39 is 6.10 Å². The van der Waals surface area contributed by atoms with Gasteiger partial charge in [-0.05, 0) is 61.9 Å². The fraction of sp³-hybridized carbons (Fsp3) is 0.444. The lowest BCUT2D eigenvalue weighted by molar-refractivity contribution is 0.122. The third-order valence-electron chi connectivity index (χ3n) is 4.45. The molecule has 118 valence electrons.